The van der Waals surface area contributed by atoms with Gasteiger partial charge in [-0.1, -0.05) is 18.2 Å². The van der Waals surface area contributed by atoms with E-state index in [1.54, 1.807) is 30.3 Å². The van der Waals surface area contributed by atoms with E-state index >= 15 is 0 Å². The molecule has 228 valence electrons. The lowest BCUT2D eigenvalue weighted by molar-refractivity contribution is -0.118. The minimum Gasteiger partial charge on any atom is -0.484 e. The van der Waals surface area contributed by atoms with E-state index < -0.39 is 10.0 Å². The van der Waals surface area contributed by atoms with E-state index in [0.29, 0.717) is 33.4 Å². The number of fused-ring (bicyclic) bond motifs is 1. The molecule has 0 unspecified atom stereocenters. The maximum absolute atomic E-state index is 13.7. The van der Waals surface area contributed by atoms with Gasteiger partial charge in [0.25, 0.3) is 15.9 Å². The number of aryl methyl sites for hydroxylation is 4. The predicted octanol–water partition coefficient (Wildman–Crippen LogP) is 6.76. The lowest BCUT2D eigenvalue weighted by Gasteiger charge is -2.24. The SMILES string of the molecule is Cc1ccc(-c2nc3cc(F)ccc3n2C)cc1NC(=O)COc1ccc(N(C)S(=O)(=O)c2c(C)c(C)cc(C)c2C)cc1. The van der Waals surface area contributed by atoms with Gasteiger partial charge in [-0.15, -0.1) is 0 Å². The van der Waals surface area contributed by atoms with Crippen molar-refractivity contribution in [1.82, 2.24) is 9.55 Å². The highest BCUT2D eigenvalue weighted by Gasteiger charge is 2.27. The number of rotatable bonds is 8. The maximum Gasteiger partial charge on any atom is 0.264 e. The third kappa shape index (κ3) is 5.77. The number of anilines is 2. The highest BCUT2D eigenvalue weighted by atomic mass is 32.2. The summed E-state index contributed by atoms with van der Waals surface area (Å²) in [6, 6.07) is 18.7. The summed E-state index contributed by atoms with van der Waals surface area (Å²) in [5, 5.41) is 2.89. The highest BCUT2D eigenvalue weighted by molar-refractivity contribution is 7.93. The molecule has 0 saturated heterocycles. The summed E-state index contributed by atoms with van der Waals surface area (Å²) >= 11 is 0. The third-order valence-corrected chi connectivity index (χ3v) is 10.2. The van der Waals surface area contributed by atoms with Crippen molar-refractivity contribution in [2.24, 2.45) is 7.05 Å². The molecule has 0 aliphatic carbocycles. The zero-order chi connectivity index (χ0) is 31.9. The van der Waals surface area contributed by atoms with Crippen LogP contribution in [0.3, 0.4) is 0 Å². The molecule has 1 aromatic heterocycles. The van der Waals surface area contributed by atoms with Gasteiger partial charge in [-0.05, 0) is 105 Å². The van der Waals surface area contributed by atoms with Crippen LogP contribution in [-0.2, 0) is 21.9 Å². The van der Waals surface area contributed by atoms with E-state index in [-0.39, 0.29) is 18.3 Å². The molecule has 5 rings (SSSR count). The molecule has 0 aliphatic heterocycles. The lowest BCUT2D eigenvalue weighted by Crippen LogP contribution is -2.28. The smallest absolute Gasteiger partial charge is 0.264 e. The van der Waals surface area contributed by atoms with Crippen LogP contribution in [0.5, 0.6) is 5.75 Å². The van der Waals surface area contributed by atoms with E-state index in [0.717, 1.165) is 38.9 Å². The molecular weight excluding hydrogens is 579 g/mol. The fourth-order valence-electron chi connectivity index (χ4n) is 5.26. The molecule has 0 bridgehead atoms. The number of halogens is 1. The van der Waals surface area contributed by atoms with Crippen molar-refractivity contribution in [2.45, 2.75) is 39.5 Å². The largest absolute Gasteiger partial charge is 0.484 e. The van der Waals surface area contributed by atoms with Crippen molar-refractivity contribution in [1.29, 1.82) is 0 Å². The average molecular weight is 615 g/mol. The van der Waals surface area contributed by atoms with Crippen LogP contribution in [0, 0.1) is 40.4 Å². The number of carbonyl (C=O) groups excluding carboxylic acids is 1. The van der Waals surface area contributed by atoms with E-state index in [1.807, 2.05) is 70.5 Å². The first-order chi connectivity index (χ1) is 20.8. The molecule has 8 nitrogen and oxygen atoms in total. The number of nitrogens with one attached hydrogen (secondary N) is 1. The Balaban J connectivity index is 1.27. The summed E-state index contributed by atoms with van der Waals surface area (Å²) in [6.45, 7) is 9.10. The van der Waals surface area contributed by atoms with Crippen LogP contribution in [0.2, 0.25) is 0 Å². The zero-order valence-corrected chi connectivity index (χ0v) is 26.6. The van der Waals surface area contributed by atoms with Crippen LogP contribution in [0.15, 0.2) is 71.6 Å². The molecule has 1 heterocycles. The topological polar surface area (TPSA) is 93.5 Å². The first-order valence-corrected chi connectivity index (χ1v) is 15.5. The predicted molar refractivity (Wildman–Crippen MR) is 172 cm³/mol. The second kappa shape index (κ2) is 11.8. The van der Waals surface area contributed by atoms with Gasteiger partial charge >= 0.3 is 0 Å². The third-order valence-electron chi connectivity index (χ3n) is 8.10. The van der Waals surface area contributed by atoms with Crippen molar-refractivity contribution in [3.05, 3.63) is 100 Å². The van der Waals surface area contributed by atoms with Crippen LogP contribution in [0.1, 0.15) is 27.8 Å². The second-order valence-electron chi connectivity index (χ2n) is 11.0. The number of hydrogen-bond donors (Lipinski definition) is 1. The number of amides is 1. The van der Waals surface area contributed by atoms with Gasteiger partial charge in [0.15, 0.2) is 6.61 Å². The number of nitrogens with zero attached hydrogens (tertiary/aromatic N) is 3. The van der Waals surface area contributed by atoms with Crippen molar-refractivity contribution >= 4 is 38.3 Å². The molecule has 1 amide bonds. The van der Waals surface area contributed by atoms with Crippen molar-refractivity contribution < 1.29 is 22.3 Å². The van der Waals surface area contributed by atoms with E-state index in [1.165, 1.54) is 23.5 Å². The maximum atomic E-state index is 13.7. The van der Waals surface area contributed by atoms with Crippen LogP contribution < -0.4 is 14.4 Å². The van der Waals surface area contributed by atoms with Crippen LogP contribution in [0.25, 0.3) is 22.4 Å². The summed E-state index contributed by atoms with van der Waals surface area (Å²) in [5.41, 5.74) is 7.35. The Hall–Kier alpha value is -4.70. The number of aromatic nitrogens is 2. The van der Waals surface area contributed by atoms with Gasteiger partial charge in [-0.3, -0.25) is 9.10 Å². The first-order valence-electron chi connectivity index (χ1n) is 14.1. The van der Waals surface area contributed by atoms with Crippen LogP contribution >= 0.6 is 0 Å². The molecular formula is C34H35FN4O4S. The standard InChI is InChI=1S/C34H35FN4O4S/c1-20-8-9-25(34-37-30-18-26(35)10-15-31(30)38(34)6)17-29(20)36-32(40)19-43-28-13-11-27(12-14-28)39(7)44(41,42)33-23(4)21(2)16-22(3)24(33)5/h8-18H,19H2,1-7H3,(H,36,40). The molecule has 5 aromatic rings. The fraction of sp³-hybridized carbons (Fsp3) is 0.235. The monoisotopic (exact) mass is 614 g/mol. The van der Waals surface area contributed by atoms with Crippen LogP contribution in [0.4, 0.5) is 15.8 Å². The number of benzene rings is 4. The number of ether oxygens (including phenoxy) is 1. The van der Waals surface area contributed by atoms with Crippen molar-refractivity contribution in [2.75, 3.05) is 23.3 Å². The molecule has 44 heavy (non-hydrogen) atoms. The molecule has 0 saturated carbocycles. The van der Waals surface area contributed by atoms with E-state index in [2.05, 4.69) is 10.3 Å². The fourth-order valence-corrected chi connectivity index (χ4v) is 7.03. The first kappa shape index (κ1) is 30.7. The number of carbonyl (C=O) groups is 1. The van der Waals surface area contributed by atoms with Gasteiger partial charge in [-0.25, -0.2) is 17.8 Å². The van der Waals surface area contributed by atoms with Crippen molar-refractivity contribution in [3.63, 3.8) is 0 Å². The zero-order valence-electron chi connectivity index (χ0n) is 25.8. The molecule has 0 spiro atoms. The Morgan fingerprint density at radius 3 is 2.23 bits per heavy atom. The number of sulfonamides is 1. The van der Waals surface area contributed by atoms with Crippen LogP contribution in [-0.4, -0.2) is 37.5 Å². The minimum atomic E-state index is -3.81. The normalized spacial score (nSPS) is 11.5. The van der Waals surface area contributed by atoms with Gasteiger partial charge in [0.2, 0.25) is 0 Å². The molecule has 10 heteroatoms. The van der Waals surface area contributed by atoms with Crippen molar-refractivity contribution in [3.8, 4) is 17.1 Å². The Morgan fingerprint density at radius 2 is 1.57 bits per heavy atom. The number of imidazole rings is 1. The highest BCUT2D eigenvalue weighted by Crippen LogP contribution is 2.32. The molecule has 0 fully saturated rings. The van der Waals surface area contributed by atoms with E-state index in [9.17, 15) is 17.6 Å². The summed E-state index contributed by atoms with van der Waals surface area (Å²) < 4.78 is 49.7. The quantitative estimate of drug-likeness (QED) is 0.208. The number of hydrogen-bond acceptors (Lipinski definition) is 5. The lowest BCUT2D eigenvalue weighted by atomic mass is 10.0. The Labute approximate surface area is 257 Å². The minimum absolute atomic E-state index is 0.246. The summed E-state index contributed by atoms with van der Waals surface area (Å²) in [4.78, 5) is 17.7. The van der Waals surface area contributed by atoms with E-state index in [4.69, 9.17) is 4.74 Å². The molecule has 1 N–H and O–H groups in total. The summed E-state index contributed by atoms with van der Waals surface area (Å²) in [7, 11) is -0.421. The average Bonchev–Trinajstić information content (AvgIpc) is 3.31. The van der Waals surface area contributed by atoms with Gasteiger partial charge in [0.05, 0.1) is 21.6 Å². The Bertz CT molecular complexity index is 1990. The van der Waals surface area contributed by atoms with Gasteiger partial charge in [0.1, 0.15) is 17.4 Å². The molecule has 4 aromatic carbocycles. The van der Waals surface area contributed by atoms with Gasteiger partial charge < -0.3 is 14.6 Å². The molecule has 0 aliphatic rings. The summed E-state index contributed by atoms with van der Waals surface area (Å²) in [6.07, 6.45) is 0. The van der Waals surface area contributed by atoms with Gasteiger partial charge in [0, 0.05) is 31.4 Å². The Morgan fingerprint density at radius 1 is 0.909 bits per heavy atom. The summed E-state index contributed by atoms with van der Waals surface area (Å²) in [5.74, 6) is 0.355. The Kier molecular flexibility index (Phi) is 8.22. The van der Waals surface area contributed by atoms with Gasteiger partial charge in [-0.2, -0.15) is 0 Å². The molecule has 0 atom stereocenters. The second-order valence-corrected chi connectivity index (χ2v) is 13.0. The molecule has 0 radical (unpaired) electrons.